The van der Waals surface area contributed by atoms with Gasteiger partial charge < -0.3 is 10.1 Å². The van der Waals surface area contributed by atoms with Crippen LogP contribution in [0.15, 0.2) is 0 Å². The molecule has 0 amide bonds. The normalized spacial score (nSPS) is 48.6. The monoisotopic (exact) mass is 196 g/mol. The zero-order valence-electron chi connectivity index (χ0n) is 8.91. The number of hydrogen-bond donors (Lipinski definition) is 1. The first kappa shape index (κ1) is 9.13. The van der Waals surface area contributed by atoms with Gasteiger partial charge in [0, 0.05) is 25.7 Å². The lowest BCUT2D eigenvalue weighted by molar-refractivity contribution is 0.0804. The highest BCUT2D eigenvalue weighted by molar-refractivity contribution is 4.95. The van der Waals surface area contributed by atoms with Crippen molar-refractivity contribution < 1.29 is 4.74 Å². The fraction of sp³-hybridized carbons (Fsp3) is 1.00. The van der Waals surface area contributed by atoms with Gasteiger partial charge in [0.05, 0.1) is 6.10 Å². The number of ether oxygens (including phenoxy) is 1. The Morgan fingerprint density at radius 1 is 1.21 bits per heavy atom. The summed E-state index contributed by atoms with van der Waals surface area (Å²) in [6, 6.07) is 0.709. The van der Waals surface area contributed by atoms with Crippen molar-refractivity contribution in [2.45, 2.75) is 25.5 Å². The summed E-state index contributed by atoms with van der Waals surface area (Å²) in [7, 11) is 0. The molecule has 1 N–H and O–H groups in total. The summed E-state index contributed by atoms with van der Waals surface area (Å²) in [5, 5.41) is 3.49. The third kappa shape index (κ3) is 1.38. The lowest BCUT2D eigenvalue weighted by Crippen LogP contribution is -2.39. The van der Waals surface area contributed by atoms with Crippen LogP contribution in [0.2, 0.25) is 0 Å². The molecular formula is C11H20N2O. The van der Waals surface area contributed by atoms with Gasteiger partial charge in [-0.05, 0) is 38.3 Å². The predicted octanol–water partition coefficient (Wildman–Crippen LogP) is 0.315. The van der Waals surface area contributed by atoms with E-state index in [2.05, 4.69) is 17.1 Å². The second-order valence-corrected chi connectivity index (χ2v) is 5.06. The topological polar surface area (TPSA) is 24.5 Å². The van der Waals surface area contributed by atoms with Gasteiger partial charge >= 0.3 is 0 Å². The van der Waals surface area contributed by atoms with Gasteiger partial charge in [-0.15, -0.1) is 0 Å². The van der Waals surface area contributed by atoms with Crippen LogP contribution in [0.1, 0.15) is 13.3 Å². The number of fused-ring (bicyclic) bond motifs is 1. The van der Waals surface area contributed by atoms with Gasteiger partial charge in [-0.1, -0.05) is 0 Å². The van der Waals surface area contributed by atoms with E-state index in [-0.39, 0.29) is 0 Å². The lowest BCUT2D eigenvalue weighted by atomic mass is 10.0. The zero-order chi connectivity index (χ0) is 9.54. The Bertz CT molecular complexity index is 209. The zero-order valence-corrected chi connectivity index (χ0v) is 8.91. The lowest BCUT2D eigenvalue weighted by Gasteiger charge is -2.26. The third-order valence-electron chi connectivity index (χ3n) is 4.22. The van der Waals surface area contributed by atoms with Crippen molar-refractivity contribution in [1.82, 2.24) is 10.2 Å². The molecule has 3 rings (SSSR count). The van der Waals surface area contributed by atoms with E-state index in [9.17, 15) is 0 Å². The Kier molecular flexibility index (Phi) is 2.26. The molecule has 0 bridgehead atoms. The molecule has 0 saturated carbocycles. The average Bonchev–Trinajstić information content (AvgIpc) is 2.75. The number of hydrogen-bond acceptors (Lipinski definition) is 3. The molecule has 80 valence electrons. The smallest absolute Gasteiger partial charge is 0.0703 e. The molecule has 3 heterocycles. The molecule has 0 spiro atoms. The minimum atomic E-state index is 0.460. The molecule has 0 radical (unpaired) electrons. The third-order valence-corrected chi connectivity index (χ3v) is 4.22. The van der Waals surface area contributed by atoms with Gasteiger partial charge in [0.25, 0.3) is 0 Å². The highest BCUT2D eigenvalue weighted by atomic mass is 16.5. The largest absolute Gasteiger partial charge is 0.377 e. The molecule has 0 aromatic carbocycles. The van der Waals surface area contributed by atoms with Crippen LogP contribution in [0.5, 0.6) is 0 Å². The van der Waals surface area contributed by atoms with Crippen LogP contribution in [0.3, 0.4) is 0 Å². The summed E-state index contributed by atoms with van der Waals surface area (Å²) in [5.74, 6) is 1.84. The highest BCUT2D eigenvalue weighted by Gasteiger charge is 2.41. The van der Waals surface area contributed by atoms with Crippen molar-refractivity contribution in [3.05, 3.63) is 0 Å². The SMILES string of the molecule is CC1OCCC1N1CC2CNCC2C1. The summed E-state index contributed by atoms with van der Waals surface area (Å²) in [6.07, 6.45) is 1.70. The van der Waals surface area contributed by atoms with Crippen LogP contribution in [0.4, 0.5) is 0 Å². The average molecular weight is 196 g/mol. The Morgan fingerprint density at radius 3 is 2.50 bits per heavy atom. The van der Waals surface area contributed by atoms with Crippen molar-refractivity contribution in [3.63, 3.8) is 0 Å². The molecular weight excluding hydrogens is 176 g/mol. The van der Waals surface area contributed by atoms with E-state index >= 15 is 0 Å². The second kappa shape index (κ2) is 3.47. The highest BCUT2D eigenvalue weighted by Crippen LogP contribution is 2.31. The van der Waals surface area contributed by atoms with E-state index in [1.165, 1.54) is 32.6 Å². The van der Waals surface area contributed by atoms with Crippen LogP contribution in [-0.4, -0.2) is 49.8 Å². The minimum Gasteiger partial charge on any atom is -0.377 e. The van der Waals surface area contributed by atoms with Crippen LogP contribution in [-0.2, 0) is 4.74 Å². The van der Waals surface area contributed by atoms with E-state index in [0.717, 1.165) is 18.4 Å². The van der Waals surface area contributed by atoms with E-state index in [1.807, 2.05) is 0 Å². The summed E-state index contributed by atoms with van der Waals surface area (Å²) in [6.45, 7) is 8.28. The number of nitrogens with one attached hydrogen (secondary N) is 1. The van der Waals surface area contributed by atoms with E-state index in [1.54, 1.807) is 0 Å². The van der Waals surface area contributed by atoms with Crippen LogP contribution in [0, 0.1) is 11.8 Å². The summed E-state index contributed by atoms with van der Waals surface area (Å²) in [4.78, 5) is 2.67. The fourth-order valence-corrected chi connectivity index (χ4v) is 3.36. The fourth-order valence-electron chi connectivity index (χ4n) is 3.36. The van der Waals surface area contributed by atoms with Gasteiger partial charge in [-0.3, -0.25) is 4.90 Å². The number of likely N-dealkylation sites (tertiary alicyclic amines) is 1. The maximum absolute atomic E-state index is 5.64. The molecule has 3 saturated heterocycles. The first-order valence-corrected chi connectivity index (χ1v) is 5.91. The Hall–Kier alpha value is -0.120. The van der Waals surface area contributed by atoms with Crippen molar-refractivity contribution in [2.75, 3.05) is 32.8 Å². The van der Waals surface area contributed by atoms with Crippen LogP contribution >= 0.6 is 0 Å². The quantitative estimate of drug-likeness (QED) is 0.653. The van der Waals surface area contributed by atoms with Gasteiger partial charge in [-0.2, -0.15) is 0 Å². The maximum atomic E-state index is 5.64. The van der Waals surface area contributed by atoms with E-state index < -0.39 is 0 Å². The molecule has 0 aromatic heterocycles. The molecule has 3 fully saturated rings. The Morgan fingerprint density at radius 2 is 1.93 bits per heavy atom. The predicted molar refractivity (Wildman–Crippen MR) is 55.2 cm³/mol. The number of rotatable bonds is 1. The van der Waals surface area contributed by atoms with Crippen molar-refractivity contribution >= 4 is 0 Å². The van der Waals surface area contributed by atoms with Gasteiger partial charge in [-0.25, -0.2) is 0 Å². The van der Waals surface area contributed by atoms with Crippen molar-refractivity contribution in [2.24, 2.45) is 11.8 Å². The molecule has 0 aliphatic carbocycles. The maximum Gasteiger partial charge on any atom is 0.0703 e. The minimum absolute atomic E-state index is 0.460. The van der Waals surface area contributed by atoms with E-state index in [4.69, 9.17) is 4.74 Å². The molecule has 3 nitrogen and oxygen atoms in total. The van der Waals surface area contributed by atoms with Crippen LogP contribution in [0.25, 0.3) is 0 Å². The van der Waals surface area contributed by atoms with Gasteiger partial charge in [0.15, 0.2) is 0 Å². The molecule has 4 atom stereocenters. The van der Waals surface area contributed by atoms with E-state index in [0.29, 0.717) is 12.1 Å². The summed E-state index contributed by atoms with van der Waals surface area (Å²) in [5.41, 5.74) is 0. The van der Waals surface area contributed by atoms with Crippen molar-refractivity contribution in [3.8, 4) is 0 Å². The Labute approximate surface area is 85.8 Å². The van der Waals surface area contributed by atoms with Crippen LogP contribution < -0.4 is 5.32 Å². The van der Waals surface area contributed by atoms with Crippen molar-refractivity contribution in [1.29, 1.82) is 0 Å². The molecule has 3 aliphatic heterocycles. The summed E-state index contributed by atoms with van der Waals surface area (Å²) >= 11 is 0. The first-order chi connectivity index (χ1) is 6.84. The molecule has 14 heavy (non-hydrogen) atoms. The molecule has 4 unspecified atom stereocenters. The number of nitrogens with zero attached hydrogens (tertiary/aromatic N) is 1. The van der Waals surface area contributed by atoms with Gasteiger partial charge in [0.1, 0.15) is 0 Å². The standard InChI is InChI=1S/C11H20N2O/c1-8-11(2-3-14-8)13-6-9-4-12-5-10(9)7-13/h8-12H,2-7H2,1H3. The molecule has 3 heteroatoms. The van der Waals surface area contributed by atoms with Gasteiger partial charge in [0.2, 0.25) is 0 Å². The first-order valence-electron chi connectivity index (χ1n) is 5.91. The Balaban J connectivity index is 1.65. The molecule has 0 aromatic rings. The second-order valence-electron chi connectivity index (χ2n) is 5.06. The summed E-state index contributed by atoms with van der Waals surface area (Å²) < 4.78 is 5.64. The molecule has 3 aliphatic rings.